The Kier molecular flexibility index (Phi) is 16.2. The molecule has 17 nitrogen and oxygen atoms in total. The molecule has 57 heavy (non-hydrogen) atoms. The van der Waals surface area contributed by atoms with E-state index in [0.29, 0.717) is 36.5 Å². The molecule has 3 amide bonds. The van der Waals surface area contributed by atoms with Crippen LogP contribution >= 0.6 is 7.60 Å². The molecule has 18 heteroatoms. The van der Waals surface area contributed by atoms with Gasteiger partial charge in [-0.2, -0.15) is 0 Å². The maximum Gasteiger partial charge on any atom is 0.410 e. The van der Waals surface area contributed by atoms with Crippen LogP contribution in [-0.2, 0) is 37.9 Å². The molecule has 314 valence electrons. The largest absolute Gasteiger partial charge is 0.464 e. The highest BCUT2D eigenvalue weighted by Crippen LogP contribution is 2.39. The van der Waals surface area contributed by atoms with Gasteiger partial charge in [-0.1, -0.05) is 43.7 Å². The molecule has 1 aromatic carbocycles. The molecule has 0 spiro atoms. The molecule has 2 fully saturated rings. The predicted octanol–water partition coefficient (Wildman–Crippen LogP) is 3.46. The van der Waals surface area contributed by atoms with E-state index in [-0.39, 0.29) is 57.8 Å². The number of amides is 3. The Morgan fingerprint density at radius 2 is 1.60 bits per heavy atom. The number of ether oxygens (including phenoxy) is 4. The lowest BCUT2D eigenvalue weighted by Crippen LogP contribution is -2.73. The van der Waals surface area contributed by atoms with E-state index in [0.717, 1.165) is 17.7 Å². The number of piperazine rings is 1. The second kappa shape index (κ2) is 20.3. The zero-order valence-electron chi connectivity index (χ0n) is 33.7. The molecule has 2 aromatic rings. The summed E-state index contributed by atoms with van der Waals surface area (Å²) in [6, 6.07) is 7.63. The molecule has 4 atom stereocenters. The van der Waals surface area contributed by atoms with Crippen LogP contribution in [0.3, 0.4) is 0 Å². The fourth-order valence-electron chi connectivity index (χ4n) is 7.29. The lowest BCUT2D eigenvalue weighted by atomic mass is 10.0. The molecule has 4 rings (SSSR count). The maximum absolute atomic E-state index is 15.3. The topological polar surface area (TPSA) is 202 Å². The van der Waals surface area contributed by atoms with Crippen LogP contribution in [0.1, 0.15) is 64.4 Å². The highest BCUT2D eigenvalue weighted by molar-refractivity contribution is 7.51. The summed E-state index contributed by atoms with van der Waals surface area (Å²) in [6.07, 6.45) is 0.321. The third-order valence-corrected chi connectivity index (χ3v) is 11.4. The normalized spacial score (nSPS) is 18.3. The second-order valence-corrected chi connectivity index (χ2v) is 16.0. The quantitative estimate of drug-likeness (QED) is 0.0773. The molecular weight excluding hydrogens is 761 g/mol. The van der Waals surface area contributed by atoms with Gasteiger partial charge in [0.1, 0.15) is 24.8 Å². The molecule has 2 aliphatic heterocycles. The van der Waals surface area contributed by atoms with Crippen LogP contribution in [0.15, 0.2) is 42.5 Å². The summed E-state index contributed by atoms with van der Waals surface area (Å²) in [7, 11) is -3.53. The first-order valence-corrected chi connectivity index (χ1v) is 21.3. The van der Waals surface area contributed by atoms with Crippen molar-refractivity contribution in [1.29, 1.82) is 0 Å². The summed E-state index contributed by atoms with van der Waals surface area (Å²) in [4.78, 5) is 100. The number of carbonyl (C=O) groups excluding carboxylic acids is 5. The Morgan fingerprint density at radius 3 is 2.18 bits per heavy atom. The number of methoxy groups -OCH3 is 1. The Hall–Kier alpha value is -4.41. The summed E-state index contributed by atoms with van der Waals surface area (Å²) in [5.74, 6) is -3.59. The van der Waals surface area contributed by atoms with Crippen LogP contribution < -0.4 is 4.90 Å². The van der Waals surface area contributed by atoms with Gasteiger partial charge in [-0.3, -0.25) is 14.3 Å². The average molecular weight is 819 g/mol. The van der Waals surface area contributed by atoms with Crippen LogP contribution in [0.5, 0.6) is 0 Å². The number of nitrogens with zero attached hydrogens (tertiary/aromatic N) is 5. The number of carbonyl (C=O) groups is 5. The minimum absolute atomic E-state index is 0.0163. The third-order valence-electron chi connectivity index (χ3n) is 10.6. The van der Waals surface area contributed by atoms with E-state index in [1.807, 2.05) is 48.2 Å². The summed E-state index contributed by atoms with van der Waals surface area (Å²) >= 11 is 0. The van der Waals surface area contributed by atoms with Gasteiger partial charge in [-0.25, -0.2) is 28.6 Å². The fourth-order valence-corrected chi connectivity index (χ4v) is 8.07. The van der Waals surface area contributed by atoms with Gasteiger partial charge in [0.25, 0.3) is 5.91 Å². The summed E-state index contributed by atoms with van der Waals surface area (Å²) in [5.41, 5.74) is 1.48. The van der Waals surface area contributed by atoms with Gasteiger partial charge < -0.3 is 38.5 Å². The van der Waals surface area contributed by atoms with Gasteiger partial charge in [-0.05, 0) is 52.7 Å². The zero-order valence-corrected chi connectivity index (χ0v) is 34.6. The van der Waals surface area contributed by atoms with Crippen LogP contribution in [0.25, 0.3) is 11.3 Å². The molecular formula is C39H57N5O12P+. The van der Waals surface area contributed by atoms with Crippen molar-refractivity contribution in [3.8, 4) is 11.3 Å². The molecule has 1 aromatic heterocycles. The standard InChI is InChI=1S/C39H56N5O12P/c1-7-10-22-56-39(49)41-18-20-44(21-19-41,28(5)38(48)55-9-3)36(46)34(26-57(50,51)52)43(27(4)37(47)54-8-2)35(45)33-24-30(42-17-16-31(25-42)53-6)23-32(40-33)29-14-12-11-13-15-29/h11-15,23-24,27-28,31,34H,7-10,16-22,25-26H2,1-6H3,(H-,50,51,52)/p+1/t27?,28-,31-,34-/m0/s1. The Balaban J connectivity index is 1.89. The van der Waals surface area contributed by atoms with Crippen molar-refractivity contribution in [2.45, 2.75) is 78.1 Å². The summed E-state index contributed by atoms with van der Waals surface area (Å²) in [6.45, 7) is 8.59. The summed E-state index contributed by atoms with van der Waals surface area (Å²) in [5, 5.41) is 0. The Morgan fingerprint density at radius 1 is 0.947 bits per heavy atom. The van der Waals surface area contributed by atoms with Crippen LogP contribution in [0.2, 0.25) is 0 Å². The molecule has 2 aliphatic rings. The van der Waals surface area contributed by atoms with E-state index in [2.05, 4.69) is 0 Å². The number of unbranched alkanes of at least 4 members (excludes halogenated alkanes) is 1. The average Bonchev–Trinajstić information content (AvgIpc) is 3.69. The zero-order chi connectivity index (χ0) is 41.9. The molecule has 0 radical (unpaired) electrons. The monoisotopic (exact) mass is 818 g/mol. The van der Waals surface area contributed by atoms with Crippen molar-refractivity contribution in [1.82, 2.24) is 14.8 Å². The van der Waals surface area contributed by atoms with Gasteiger partial charge in [-0.15, -0.1) is 0 Å². The number of rotatable bonds is 17. The third kappa shape index (κ3) is 11.2. The van der Waals surface area contributed by atoms with Crippen molar-refractivity contribution in [3.05, 3.63) is 48.2 Å². The van der Waals surface area contributed by atoms with Crippen LogP contribution in [-0.4, -0.2) is 155 Å². The molecule has 0 saturated carbocycles. The van der Waals surface area contributed by atoms with Crippen LogP contribution in [0, 0.1) is 0 Å². The molecule has 2 saturated heterocycles. The number of benzene rings is 1. The van der Waals surface area contributed by atoms with Crippen molar-refractivity contribution in [3.63, 3.8) is 0 Å². The summed E-state index contributed by atoms with van der Waals surface area (Å²) < 4.78 is 33.9. The van der Waals surface area contributed by atoms with Gasteiger partial charge >= 0.3 is 31.5 Å². The van der Waals surface area contributed by atoms with E-state index in [9.17, 15) is 28.7 Å². The second-order valence-electron chi connectivity index (χ2n) is 14.3. The molecule has 3 heterocycles. The van der Waals surface area contributed by atoms with Gasteiger partial charge in [0.2, 0.25) is 0 Å². The number of pyridine rings is 1. The molecule has 2 N–H and O–H groups in total. The number of anilines is 1. The maximum atomic E-state index is 15.3. The minimum atomic E-state index is -5.15. The van der Waals surface area contributed by atoms with E-state index in [4.69, 9.17) is 23.9 Å². The van der Waals surface area contributed by atoms with Gasteiger partial charge in [0.05, 0.1) is 50.9 Å². The number of esters is 2. The molecule has 1 unspecified atom stereocenters. The first kappa shape index (κ1) is 45.3. The number of aromatic nitrogens is 1. The fraction of sp³-hybridized carbons (Fsp3) is 0.590. The number of quaternary nitrogens is 1. The number of hydrogen-bond donors (Lipinski definition) is 2. The van der Waals surface area contributed by atoms with E-state index in [1.54, 1.807) is 21.0 Å². The minimum Gasteiger partial charge on any atom is -0.464 e. The first-order valence-electron chi connectivity index (χ1n) is 19.5. The highest BCUT2D eigenvalue weighted by Gasteiger charge is 2.55. The Labute approximate surface area is 333 Å². The lowest BCUT2D eigenvalue weighted by molar-refractivity contribution is -0.874. The van der Waals surface area contributed by atoms with E-state index >= 15 is 9.59 Å². The van der Waals surface area contributed by atoms with E-state index < -0.39 is 66.2 Å². The van der Waals surface area contributed by atoms with Gasteiger partial charge in [0, 0.05) is 31.5 Å². The van der Waals surface area contributed by atoms with Crippen molar-refractivity contribution in [2.24, 2.45) is 0 Å². The Bertz CT molecular complexity index is 1770. The van der Waals surface area contributed by atoms with E-state index in [1.165, 1.54) is 24.8 Å². The molecule has 0 aliphatic carbocycles. The smallest absolute Gasteiger partial charge is 0.410 e. The van der Waals surface area contributed by atoms with Crippen molar-refractivity contribution in [2.75, 3.05) is 77.3 Å². The van der Waals surface area contributed by atoms with Crippen molar-refractivity contribution < 1.29 is 61.8 Å². The highest BCUT2D eigenvalue weighted by atomic mass is 31.2. The predicted molar refractivity (Wildman–Crippen MR) is 209 cm³/mol. The van der Waals surface area contributed by atoms with Crippen molar-refractivity contribution >= 4 is 43.1 Å². The number of hydrogen-bond acceptors (Lipinski definition) is 12. The lowest BCUT2D eigenvalue weighted by Gasteiger charge is -2.47. The van der Waals surface area contributed by atoms with Crippen LogP contribution in [0.4, 0.5) is 10.5 Å². The SMILES string of the molecule is CCCCOC(=O)N1CC[N+](C(=O)[C@H](CP(=O)(O)O)N(C(=O)c2cc(N3CC[C@H](OC)C3)cc(-c3ccccc3)n2)C(C)C(=O)OCC)([C@@H](C)C(=O)OCC)CC1. The first-order chi connectivity index (χ1) is 27.1. The van der Waals surface area contributed by atoms with Gasteiger partial charge in [0.15, 0.2) is 12.1 Å². The molecule has 0 bridgehead atoms.